The van der Waals surface area contributed by atoms with Gasteiger partial charge in [-0.3, -0.25) is 4.79 Å². The standard InChI is InChI=1S/C16H16BrNO3/c1-11(21-15-9-7-14(20-2)8-10-15)16(19)18-13-5-3-12(17)4-6-13/h3-11H,1-2H3,(H,18,19)/t11-/m0/s1. The number of carbonyl (C=O) groups excluding carboxylic acids is 1. The van der Waals surface area contributed by atoms with Gasteiger partial charge in [-0.05, 0) is 55.5 Å². The summed E-state index contributed by atoms with van der Waals surface area (Å²) < 4.78 is 11.6. The zero-order valence-electron chi connectivity index (χ0n) is 11.8. The fourth-order valence-electron chi connectivity index (χ4n) is 1.69. The second kappa shape index (κ2) is 7.13. The van der Waals surface area contributed by atoms with E-state index in [-0.39, 0.29) is 5.91 Å². The minimum Gasteiger partial charge on any atom is -0.497 e. The molecule has 110 valence electrons. The predicted octanol–water partition coefficient (Wildman–Crippen LogP) is 3.86. The molecule has 0 radical (unpaired) electrons. The molecule has 5 heteroatoms. The Labute approximate surface area is 132 Å². The molecule has 1 atom stereocenters. The van der Waals surface area contributed by atoms with Crippen molar-refractivity contribution in [2.75, 3.05) is 12.4 Å². The number of benzene rings is 2. The lowest BCUT2D eigenvalue weighted by atomic mass is 10.3. The second-order valence-corrected chi connectivity index (χ2v) is 5.35. The van der Waals surface area contributed by atoms with Gasteiger partial charge in [0.2, 0.25) is 0 Å². The van der Waals surface area contributed by atoms with Gasteiger partial charge in [-0.2, -0.15) is 0 Å². The van der Waals surface area contributed by atoms with Gasteiger partial charge < -0.3 is 14.8 Å². The number of nitrogens with one attached hydrogen (secondary N) is 1. The molecule has 0 unspecified atom stereocenters. The molecule has 0 bridgehead atoms. The zero-order chi connectivity index (χ0) is 15.2. The molecule has 0 aromatic heterocycles. The Morgan fingerprint density at radius 2 is 1.62 bits per heavy atom. The Balaban J connectivity index is 1.93. The summed E-state index contributed by atoms with van der Waals surface area (Å²) in [6, 6.07) is 14.5. The summed E-state index contributed by atoms with van der Waals surface area (Å²) >= 11 is 3.35. The van der Waals surface area contributed by atoms with Crippen LogP contribution in [0.15, 0.2) is 53.0 Å². The molecular weight excluding hydrogens is 334 g/mol. The summed E-state index contributed by atoms with van der Waals surface area (Å²) in [5, 5.41) is 2.80. The Kier molecular flexibility index (Phi) is 5.22. The van der Waals surface area contributed by atoms with Gasteiger partial charge in [-0.15, -0.1) is 0 Å². The summed E-state index contributed by atoms with van der Waals surface area (Å²) in [5.74, 6) is 1.16. The van der Waals surface area contributed by atoms with Crippen molar-refractivity contribution in [3.8, 4) is 11.5 Å². The summed E-state index contributed by atoms with van der Waals surface area (Å²) in [5.41, 5.74) is 0.730. The SMILES string of the molecule is COc1ccc(O[C@@H](C)C(=O)Nc2ccc(Br)cc2)cc1. The van der Waals surface area contributed by atoms with E-state index in [1.54, 1.807) is 38.3 Å². The van der Waals surface area contributed by atoms with Crippen LogP contribution in [0.1, 0.15) is 6.92 Å². The Morgan fingerprint density at radius 1 is 1.05 bits per heavy atom. The smallest absolute Gasteiger partial charge is 0.265 e. The van der Waals surface area contributed by atoms with E-state index in [0.717, 1.165) is 15.9 Å². The van der Waals surface area contributed by atoms with Gasteiger partial charge in [0, 0.05) is 10.2 Å². The Bertz CT molecular complexity index is 596. The van der Waals surface area contributed by atoms with E-state index < -0.39 is 6.10 Å². The molecule has 0 aliphatic carbocycles. The first-order valence-corrected chi connectivity index (χ1v) is 7.25. The number of anilines is 1. The lowest BCUT2D eigenvalue weighted by Crippen LogP contribution is -2.30. The fourth-order valence-corrected chi connectivity index (χ4v) is 1.95. The van der Waals surface area contributed by atoms with Crippen molar-refractivity contribution in [3.05, 3.63) is 53.0 Å². The number of hydrogen-bond donors (Lipinski definition) is 1. The van der Waals surface area contributed by atoms with Crippen molar-refractivity contribution in [2.45, 2.75) is 13.0 Å². The lowest BCUT2D eigenvalue weighted by molar-refractivity contribution is -0.122. The first-order valence-electron chi connectivity index (χ1n) is 6.45. The van der Waals surface area contributed by atoms with E-state index in [2.05, 4.69) is 21.2 Å². The van der Waals surface area contributed by atoms with Gasteiger partial charge in [0.15, 0.2) is 6.10 Å². The molecule has 2 rings (SSSR count). The summed E-state index contributed by atoms with van der Waals surface area (Å²) in [7, 11) is 1.60. The molecule has 0 fully saturated rings. The summed E-state index contributed by atoms with van der Waals surface area (Å²) in [6.45, 7) is 1.71. The van der Waals surface area contributed by atoms with Gasteiger partial charge >= 0.3 is 0 Å². The van der Waals surface area contributed by atoms with Crippen LogP contribution in [0, 0.1) is 0 Å². The maximum absolute atomic E-state index is 12.1. The lowest BCUT2D eigenvalue weighted by Gasteiger charge is -2.15. The van der Waals surface area contributed by atoms with Crippen molar-refractivity contribution in [1.82, 2.24) is 0 Å². The maximum atomic E-state index is 12.1. The van der Waals surface area contributed by atoms with Gasteiger partial charge in [-0.1, -0.05) is 15.9 Å². The molecule has 1 amide bonds. The van der Waals surface area contributed by atoms with Crippen LogP contribution >= 0.6 is 15.9 Å². The van der Waals surface area contributed by atoms with Crippen LogP contribution in [0.5, 0.6) is 11.5 Å². The molecule has 2 aromatic carbocycles. The molecular formula is C16H16BrNO3. The number of carbonyl (C=O) groups is 1. The minimum absolute atomic E-state index is 0.201. The summed E-state index contributed by atoms with van der Waals surface area (Å²) in [6.07, 6.45) is -0.595. The van der Waals surface area contributed by atoms with Gasteiger partial charge in [0.25, 0.3) is 5.91 Å². The normalized spacial score (nSPS) is 11.6. The molecule has 0 spiro atoms. The Hall–Kier alpha value is -2.01. The van der Waals surface area contributed by atoms with Gasteiger partial charge in [-0.25, -0.2) is 0 Å². The number of hydrogen-bond acceptors (Lipinski definition) is 3. The van der Waals surface area contributed by atoms with E-state index >= 15 is 0 Å². The van der Waals surface area contributed by atoms with Gasteiger partial charge in [0.05, 0.1) is 7.11 Å². The predicted molar refractivity (Wildman–Crippen MR) is 85.9 cm³/mol. The van der Waals surface area contributed by atoms with Crippen LogP contribution in [0.3, 0.4) is 0 Å². The van der Waals surface area contributed by atoms with E-state index in [0.29, 0.717) is 5.75 Å². The molecule has 0 aliphatic rings. The fraction of sp³-hybridized carbons (Fsp3) is 0.188. The minimum atomic E-state index is -0.595. The van der Waals surface area contributed by atoms with Crippen molar-refractivity contribution >= 4 is 27.5 Å². The molecule has 0 saturated heterocycles. The zero-order valence-corrected chi connectivity index (χ0v) is 13.4. The van der Waals surface area contributed by atoms with Crippen molar-refractivity contribution in [2.24, 2.45) is 0 Å². The van der Waals surface area contributed by atoms with Crippen LogP contribution in [0.4, 0.5) is 5.69 Å². The molecule has 21 heavy (non-hydrogen) atoms. The highest BCUT2D eigenvalue weighted by Gasteiger charge is 2.14. The van der Waals surface area contributed by atoms with E-state index in [1.807, 2.05) is 24.3 Å². The van der Waals surface area contributed by atoms with Crippen molar-refractivity contribution < 1.29 is 14.3 Å². The summed E-state index contributed by atoms with van der Waals surface area (Å²) in [4.78, 5) is 12.1. The highest BCUT2D eigenvalue weighted by atomic mass is 79.9. The number of amides is 1. The first-order chi connectivity index (χ1) is 10.1. The third kappa shape index (κ3) is 4.49. The van der Waals surface area contributed by atoms with Crippen LogP contribution in [0.25, 0.3) is 0 Å². The monoisotopic (exact) mass is 349 g/mol. The molecule has 0 heterocycles. The van der Waals surface area contributed by atoms with E-state index in [1.165, 1.54) is 0 Å². The molecule has 4 nitrogen and oxygen atoms in total. The Morgan fingerprint density at radius 3 is 2.19 bits per heavy atom. The number of ether oxygens (including phenoxy) is 2. The van der Waals surface area contributed by atoms with Crippen LogP contribution in [0.2, 0.25) is 0 Å². The maximum Gasteiger partial charge on any atom is 0.265 e. The van der Waals surface area contributed by atoms with Crippen molar-refractivity contribution in [3.63, 3.8) is 0 Å². The topological polar surface area (TPSA) is 47.6 Å². The largest absolute Gasteiger partial charge is 0.497 e. The highest BCUT2D eigenvalue weighted by Crippen LogP contribution is 2.19. The second-order valence-electron chi connectivity index (χ2n) is 4.43. The average Bonchev–Trinajstić information content (AvgIpc) is 2.50. The van der Waals surface area contributed by atoms with Crippen LogP contribution < -0.4 is 14.8 Å². The third-order valence-corrected chi connectivity index (χ3v) is 3.38. The van der Waals surface area contributed by atoms with Crippen molar-refractivity contribution in [1.29, 1.82) is 0 Å². The quantitative estimate of drug-likeness (QED) is 0.891. The molecule has 2 aromatic rings. The molecule has 0 aliphatic heterocycles. The number of halogens is 1. The van der Waals surface area contributed by atoms with Crippen LogP contribution in [-0.2, 0) is 4.79 Å². The number of methoxy groups -OCH3 is 1. The van der Waals surface area contributed by atoms with Crippen LogP contribution in [-0.4, -0.2) is 19.1 Å². The number of rotatable bonds is 5. The third-order valence-electron chi connectivity index (χ3n) is 2.85. The first kappa shape index (κ1) is 15.4. The van der Waals surface area contributed by atoms with E-state index in [4.69, 9.17) is 9.47 Å². The highest BCUT2D eigenvalue weighted by molar-refractivity contribution is 9.10. The molecule has 0 saturated carbocycles. The van der Waals surface area contributed by atoms with Gasteiger partial charge in [0.1, 0.15) is 11.5 Å². The average molecular weight is 350 g/mol. The molecule has 1 N–H and O–H groups in total. The van der Waals surface area contributed by atoms with E-state index in [9.17, 15) is 4.79 Å².